The molecule has 5 N–H and O–H groups in total. The summed E-state index contributed by atoms with van der Waals surface area (Å²) >= 11 is 0. The van der Waals surface area contributed by atoms with Gasteiger partial charge in [0.15, 0.2) is 0 Å². The summed E-state index contributed by atoms with van der Waals surface area (Å²) in [5.41, 5.74) is 5.65. The minimum atomic E-state index is 0.154. The van der Waals surface area contributed by atoms with Gasteiger partial charge < -0.3 is 21.4 Å². The van der Waals surface area contributed by atoms with Crippen molar-refractivity contribution in [3.05, 3.63) is 0 Å². The molecule has 0 fully saturated rings. The number of nitrogens with zero attached hydrogens (tertiary/aromatic N) is 1. The molecule has 1 unspecified atom stereocenters. The van der Waals surface area contributed by atoms with Crippen LogP contribution >= 0.6 is 0 Å². The van der Waals surface area contributed by atoms with E-state index in [1.165, 1.54) is 0 Å². The van der Waals surface area contributed by atoms with Crippen molar-refractivity contribution < 1.29 is 10.3 Å². The second-order valence-corrected chi connectivity index (χ2v) is 5.27. The van der Waals surface area contributed by atoms with Gasteiger partial charge in [0, 0.05) is 25.6 Å². The van der Waals surface area contributed by atoms with Crippen molar-refractivity contribution >= 4 is 5.84 Å². The molecule has 0 saturated heterocycles. The lowest BCUT2D eigenvalue weighted by Crippen LogP contribution is -2.39. The molecule has 0 amide bonds. The van der Waals surface area contributed by atoms with Crippen molar-refractivity contribution in [2.45, 2.75) is 52.5 Å². The zero-order chi connectivity index (χ0) is 13.3. The third kappa shape index (κ3) is 7.99. The fraction of sp³-hybridized carbons (Fsp3) is 0.917. The van der Waals surface area contributed by atoms with E-state index in [4.69, 9.17) is 16.0 Å². The molecule has 0 spiro atoms. The van der Waals surface area contributed by atoms with Crippen LogP contribution < -0.4 is 11.1 Å². The summed E-state index contributed by atoms with van der Waals surface area (Å²) in [5, 5.41) is 23.8. The summed E-state index contributed by atoms with van der Waals surface area (Å²) in [4.78, 5) is 0. The average molecular weight is 245 g/mol. The van der Waals surface area contributed by atoms with Crippen LogP contribution in [0.1, 0.15) is 46.5 Å². The van der Waals surface area contributed by atoms with Gasteiger partial charge >= 0.3 is 0 Å². The third-order valence-corrected chi connectivity index (χ3v) is 2.96. The zero-order valence-electron chi connectivity index (χ0n) is 11.2. The molecule has 0 heterocycles. The van der Waals surface area contributed by atoms with Crippen LogP contribution in [0.5, 0.6) is 0 Å². The van der Waals surface area contributed by atoms with E-state index in [2.05, 4.69) is 31.2 Å². The van der Waals surface area contributed by atoms with E-state index in [0.29, 0.717) is 6.42 Å². The van der Waals surface area contributed by atoms with Gasteiger partial charge in [-0.3, -0.25) is 0 Å². The van der Waals surface area contributed by atoms with Gasteiger partial charge in [-0.25, -0.2) is 0 Å². The largest absolute Gasteiger partial charge is 0.409 e. The molecule has 0 aliphatic carbocycles. The van der Waals surface area contributed by atoms with Gasteiger partial charge in [-0.05, 0) is 24.7 Å². The van der Waals surface area contributed by atoms with Gasteiger partial charge in [0.05, 0.1) is 0 Å². The Labute approximate surface area is 104 Å². The summed E-state index contributed by atoms with van der Waals surface area (Å²) in [5.74, 6) is 0.262. The van der Waals surface area contributed by atoms with Gasteiger partial charge in [0.1, 0.15) is 5.84 Å². The van der Waals surface area contributed by atoms with E-state index in [-0.39, 0.29) is 23.9 Å². The lowest BCUT2D eigenvalue weighted by atomic mass is 9.87. The molecular weight excluding hydrogens is 218 g/mol. The number of amidine groups is 1. The minimum Gasteiger partial charge on any atom is -0.409 e. The Morgan fingerprint density at radius 3 is 2.59 bits per heavy atom. The van der Waals surface area contributed by atoms with Crippen LogP contribution in [0.25, 0.3) is 0 Å². The summed E-state index contributed by atoms with van der Waals surface area (Å²) in [7, 11) is 0. The lowest BCUT2D eigenvalue weighted by Gasteiger charge is -2.27. The first kappa shape index (κ1) is 16.2. The second-order valence-electron chi connectivity index (χ2n) is 5.27. The minimum absolute atomic E-state index is 0.154. The molecule has 0 aromatic heterocycles. The highest BCUT2D eigenvalue weighted by Crippen LogP contribution is 2.21. The van der Waals surface area contributed by atoms with Crippen LogP contribution in [-0.4, -0.2) is 35.3 Å². The second kappa shape index (κ2) is 8.31. The summed E-state index contributed by atoms with van der Waals surface area (Å²) in [6, 6.07) is 0.235. The Hall–Kier alpha value is -0.810. The molecule has 0 aromatic carbocycles. The molecular formula is C12H27N3O2. The van der Waals surface area contributed by atoms with Crippen LogP contribution in [0.4, 0.5) is 0 Å². The van der Waals surface area contributed by atoms with Gasteiger partial charge in [0.2, 0.25) is 0 Å². The SMILES string of the molecule is CCC(CC(N)=NO)NCC(C)(C)CCCO. The predicted molar refractivity (Wildman–Crippen MR) is 70.2 cm³/mol. The highest BCUT2D eigenvalue weighted by atomic mass is 16.4. The third-order valence-electron chi connectivity index (χ3n) is 2.96. The van der Waals surface area contributed by atoms with Gasteiger partial charge in [0.25, 0.3) is 0 Å². The Kier molecular flexibility index (Phi) is 7.91. The van der Waals surface area contributed by atoms with Crippen molar-refractivity contribution in [1.29, 1.82) is 0 Å². The number of hydrogen-bond acceptors (Lipinski definition) is 4. The van der Waals surface area contributed by atoms with Crippen LogP contribution in [0.2, 0.25) is 0 Å². The molecule has 0 radical (unpaired) electrons. The van der Waals surface area contributed by atoms with E-state index < -0.39 is 0 Å². The van der Waals surface area contributed by atoms with Crippen LogP contribution in [0, 0.1) is 5.41 Å². The molecule has 0 rings (SSSR count). The smallest absolute Gasteiger partial charge is 0.140 e. The first-order chi connectivity index (χ1) is 7.95. The van der Waals surface area contributed by atoms with E-state index in [0.717, 1.165) is 25.8 Å². The van der Waals surface area contributed by atoms with Gasteiger partial charge in [-0.15, -0.1) is 0 Å². The predicted octanol–water partition coefficient (Wildman–Crippen LogP) is 1.29. The maximum Gasteiger partial charge on any atom is 0.140 e. The van der Waals surface area contributed by atoms with Crippen molar-refractivity contribution in [3.63, 3.8) is 0 Å². The molecule has 17 heavy (non-hydrogen) atoms. The van der Waals surface area contributed by atoms with E-state index >= 15 is 0 Å². The number of nitrogens with one attached hydrogen (secondary N) is 1. The molecule has 0 aromatic rings. The molecule has 0 bridgehead atoms. The van der Waals surface area contributed by atoms with Crippen LogP contribution in [0.15, 0.2) is 5.16 Å². The van der Waals surface area contributed by atoms with E-state index in [1.807, 2.05) is 0 Å². The van der Waals surface area contributed by atoms with E-state index in [9.17, 15) is 0 Å². The van der Waals surface area contributed by atoms with Gasteiger partial charge in [-0.1, -0.05) is 25.9 Å². The number of rotatable bonds is 9. The number of aliphatic hydroxyl groups is 1. The molecule has 102 valence electrons. The molecule has 0 saturated carbocycles. The number of hydrogen-bond donors (Lipinski definition) is 4. The Balaban J connectivity index is 4.04. The first-order valence-corrected chi connectivity index (χ1v) is 6.26. The normalized spacial score (nSPS) is 14.9. The van der Waals surface area contributed by atoms with Crippen molar-refractivity contribution in [3.8, 4) is 0 Å². The topological polar surface area (TPSA) is 90.9 Å². The van der Waals surface area contributed by atoms with E-state index in [1.54, 1.807) is 0 Å². The monoisotopic (exact) mass is 245 g/mol. The van der Waals surface area contributed by atoms with Crippen molar-refractivity contribution in [2.24, 2.45) is 16.3 Å². The summed E-state index contributed by atoms with van der Waals surface area (Å²) in [6.45, 7) is 7.52. The highest BCUT2D eigenvalue weighted by molar-refractivity contribution is 5.80. The molecule has 1 atom stereocenters. The average Bonchev–Trinajstić information content (AvgIpc) is 2.31. The van der Waals surface area contributed by atoms with Crippen LogP contribution in [-0.2, 0) is 0 Å². The first-order valence-electron chi connectivity index (χ1n) is 6.26. The maximum atomic E-state index is 8.82. The Morgan fingerprint density at radius 1 is 1.47 bits per heavy atom. The maximum absolute atomic E-state index is 8.82. The number of oxime groups is 1. The molecule has 0 aliphatic rings. The molecule has 5 nitrogen and oxygen atoms in total. The standard InChI is InChI=1S/C12H27N3O2/c1-4-10(8-11(13)15-17)14-9-12(2,3)6-5-7-16/h10,14,16-17H,4-9H2,1-3H3,(H2,13,15). The zero-order valence-corrected chi connectivity index (χ0v) is 11.2. The summed E-state index contributed by atoms with van der Waals surface area (Å²) in [6.07, 6.45) is 3.30. The lowest BCUT2D eigenvalue weighted by molar-refractivity contribution is 0.231. The fourth-order valence-electron chi connectivity index (χ4n) is 1.72. The van der Waals surface area contributed by atoms with Crippen molar-refractivity contribution in [1.82, 2.24) is 5.32 Å². The fourth-order valence-corrected chi connectivity index (χ4v) is 1.72. The van der Waals surface area contributed by atoms with Crippen LogP contribution in [0.3, 0.4) is 0 Å². The Morgan fingerprint density at radius 2 is 2.12 bits per heavy atom. The Bertz CT molecular complexity index is 230. The summed E-state index contributed by atoms with van der Waals surface area (Å²) < 4.78 is 0. The molecule has 5 heteroatoms. The molecule has 0 aliphatic heterocycles. The van der Waals surface area contributed by atoms with Crippen molar-refractivity contribution in [2.75, 3.05) is 13.2 Å². The highest BCUT2D eigenvalue weighted by Gasteiger charge is 2.19. The quantitative estimate of drug-likeness (QED) is 0.213. The number of nitrogens with two attached hydrogens (primary N) is 1. The number of aliphatic hydroxyl groups excluding tert-OH is 1. The van der Waals surface area contributed by atoms with Gasteiger partial charge in [-0.2, -0.15) is 0 Å².